The summed E-state index contributed by atoms with van der Waals surface area (Å²) >= 11 is 0. The molecule has 114 valence electrons. The highest BCUT2D eigenvalue weighted by Gasteiger charge is 2.29. The topological polar surface area (TPSA) is 74.6 Å². The zero-order chi connectivity index (χ0) is 15.9. The summed E-state index contributed by atoms with van der Waals surface area (Å²) in [6.07, 6.45) is 0.707. The molecule has 0 aliphatic carbocycles. The van der Waals surface area contributed by atoms with Crippen molar-refractivity contribution in [1.29, 1.82) is 0 Å². The van der Waals surface area contributed by atoms with Gasteiger partial charge >= 0.3 is 0 Å². The summed E-state index contributed by atoms with van der Waals surface area (Å²) in [6.45, 7) is 11.9. The zero-order valence-electron chi connectivity index (χ0n) is 13.0. The summed E-state index contributed by atoms with van der Waals surface area (Å²) in [6, 6.07) is 2.94. The molecular formula is C15H24O4S. The standard InChI is InChI=1S/C15H24O4S/c1-14(2,3)9-10-7-8-11(20(17,18)19)13(16)12(10)15(4,5)6/h7-8,16H,9H2,1-6H3,(H,17,18,19). The molecule has 0 heterocycles. The number of phenols is 1. The molecule has 5 heteroatoms. The molecule has 2 N–H and O–H groups in total. The van der Waals surface area contributed by atoms with E-state index in [1.807, 2.05) is 20.8 Å². The van der Waals surface area contributed by atoms with E-state index in [2.05, 4.69) is 20.8 Å². The summed E-state index contributed by atoms with van der Waals surface area (Å²) in [5, 5.41) is 10.3. The average Bonchev–Trinajstić information content (AvgIpc) is 2.09. The Labute approximate surface area is 121 Å². The molecular weight excluding hydrogens is 276 g/mol. The van der Waals surface area contributed by atoms with Gasteiger partial charge in [-0.05, 0) is 28.9 Å². The highest BCUT2D eigenvalue weighted by atomic mass is 32.2. The quantitative estimate of drug-likeness (QED) is 0.819. The molecule has 0 saturated carbocycles. The first-order chi connectivity index (χ1) is 8.73. The van der Waals surface area contributed by atoms with Crippen molar-refractivity contribution in [3.05, 3.63) is 23.3 Å². The van der Waals surface area contributed by atoms with E-state index in [1.54, 1.807) is 6.07 Å². The van der Waals surface area contributed by atoms with Crippen LogP contribution in [0.4, 0.5) is 0 Å². The Hall–Kier alpha value is -1.07. The third kappa shape index (κ3) is 3.96. The molecule has 0 atom stereocenters. The normalized spacial score (nSPS) is 13.6. The van der Waals surface area contributed by atoms with Gasteiger partial charge in [-0.2, -0.15) is 8.42 Å². The molecule has 0 saturated heterocycles. The number of hydrogen-bond donors (Lipinski definition) is 2. The van der Waals surface area contributed by atoms with Crippen molar-refractivity contribution in [1.82, 2.24) is 0 Å². The maximum absolute atomic E-state index is 11.3. The van der Waals surface area contributed by atoms with Gasteiger partial charge in [-0.15, -0.1) is 0 Å². The molecule has 0 unspecified atom stereocenters. The summed E-state index contributed by atoms with van der Waals surface area (Å²) in [4.78, 5) is -0.430. The number of phenolic OH excluding ortho intramolecular Hbond substituents is 1. The molecule has 0 aliphatic heterocycles. The van der Waals surface area contributed by atoms with Crippen LogP contribution in [0.5, 0.6) is 5.75 Å². The number of aromatic hydroxyl groups is 1. The zero-order valence-corrected chi connectivity index (χ0v) is 13.8. The Bertz CT molecular complexity index is 602. The van der Waals surface area contributed by atoms with Gasteiger partial charge < -0.3 is 5.11 Å². The molecule has 20 heavy (non-hydrogen) atoms. The Morgan fingerprint density at radius 3 is 1.90 bits per heavy atom. The lowest BCUT2D eigenvalue weighted by Crippen LogP contribution is -2.19. The van der Waals surface area contributed by atoms with Gasteiger partial charge in [0.2, 0.25) is 0 Å². The Kier molecular flexibility index (Phi) is 4.28. The Morgan fingerprint density at radius 1 is 1.05 bits per heavy atom. The Balaban J connectivity index is 3.62. The minimum absolute atomic E-state index is 0.00600. The fourth-order valence-corrected chi connectivity index (χ4v) is 2.96. The Morgan fingerprint density at radius 2 is 1.55 bits per heavy atom. The van der Waals surface area contributed by atoms with Gasteiger partial charge in [0.15, 0.2) is 0 Å². The number of rotatable bonds is 2. The van der Waals surface area contributed by atoms with Crippen molar-refractivity contribution in [3.63, 3.8) is 0 Å². The van der Waals surface area contributed by atoms with E-state index >= 15 is 0 Å². The SMILES string of the molecule is CC(C)(C)Cc1ccc(S(=O)(=O)O)c(O)c1C(C)(C)C. The van der Waals surface area contributed by atoms with Gasteiger partial charge in [-0.25, -0.2) is 0 Å². The average molecular weight is 300 g/mol. The molecule has 0 fully saturated rings. The van der Waals surface area contributed by atoms with Crippen LogP contribution < -0.4 is 0 Å². The molecule has 0 aromatic heterocycles. The van der Waals surface area contributed by atoms with E-state index in [0.29, 0.717) is 12.0 Å². The molecule has 0 aliphatic rings. The second-order valence-corrected chi connectivity index (χ2v) is 8.80. The van der Waals surface area contributed by atoms with Crippen LogP contribution in [0.3, 0.4) is 0 Å². The lowest BCUT2D eigenvalue weighted by atomic mass is 9.78. The predicted octanol–water partition coefficient (Wildman–Crippen LogP) is 3.53. The van der Waals surface area contributed by atoms with Crippen LogP contribution in [-0.2, 0) is 22.0 Å². The second-order valence-electron chi connectivity index (χ2n) is 7.41. The van der Waals surface area contributed by atoms with E-state index in [1.165, 1.54) is 6.07 Å². The highest BCUT2D eigenvalue weighted by molar-refractivity contribution is 7.86. The van der Waals surface area contributed by atoms with Crippen molar-refractivity contribution in [2.75, 3.05) is 0 Å². The predicted molar refractivity (Wildman–Crippen MR) is 79.8 cm³/mol. The number of benzene rings is 1. The maximum atomic E-state index is 11.3. The molecule has 4 nitrogen and oxygen atoms in total. The fourth-order valence-electron chi connectivity index (χ4n) is 2.38. The van der Waals surface area contributed by atoms with E-state index in [4.69, 9.17) is 0 Å². The minimum atomic E-state index is -4.43. The van der Waals surface area contributed by atoms with E-state index < -0.39 is 20.4 Å². The van der Waals surface area contributed by atoms with Gasteiger partial charge in [-0.1, -0.05) is 47.6 Å². The monoisotopic (exact) mass is 300 g/mol. The first-order valence-electron chi connectivity index (χ1n) is 6.56. The van der Waals surface area contributed by atoms with Crippen LogP contribution >= 0.6 is 0 Å². The van der Waals surface area contributed by atoms with E-state index in [-0.39, 0.29) is 11.2 Å². The van der Waals surface area contributed by atoms with Crippen LogP contribution in [0, 0.1) is 5.41 Å². The maximum Gasteiger partial charge on any atom is 0.298 e. The first-order valence-corrected chi connectivity index (χ1v) is 8.00. The largest absolute Gasteiger partial charge is 0.506 e. The van der Waals surface area contributed by atoms with Gasteiger partial charge in [0.1, 0.15) is 10.6 Å². The van der Waals surface area contributed by atoms with Crippen molar-refractivity contribution in [2.45, 2.75) is 58.3 Å². The third-order valence-corrected chi connectivity index (χ3v) is 3.86. The summed E-state index contributed by atoms with van der Waals surface area (Å²) < 4.78 is 31.8. The van der Waals surface area contributed by atoms with Crippen LogP contribution in [0.1, 0.15) is 52.7 Å². The smallest absolute Gasteiger partial charge is 0.298 e. The van der Waals surface area contributed by atoms with Crippen LogP contribution in [0.15, 0.2) is 17.0 Å². The molecule has 0 bridgehead atoms. The van der Waals surface area contributed by atoms with Crippen LogP contribution in [0.25, 0.3) is 0 Å². The van der Waals surface area contributed by atoms with Gasteiger partial charge in [0.25, 0.3) is 10.1 Å². The molecule has 1 aromatic carbocycles. The molecule has 0 amide bonds. The van der Waals surface area contributed by atoms with Crippen molar-refractivity contribution >= 4 is 10.1 Å². The molecule has 1 aromatic rings. The van der Waals surface area contributed by atoms with Gasteiger partial charge in [0.05, 0.1) is 0 Å². The van der Waals surface area contributed by atoms with Crippen LogP contribution in [0.2, 0.25) is 0 Å². The molecule has 1 rings (SSSR count). The van der Waals surface area contributed by atoms with Crippen molar-refractivity contribution in [2.24, 2.45) is 5.41 Å². The molecule has 0 radical (unpaired) electrons. The second kappa shape index (κ2) is 5.04. The van der Waals surface area contributed by atoms with Gasteiger partial charge in [-0.3, -0.25) is 4.55 Å². The summed E-state index contributed by atoms with van der Waals surface area (Å²) in [7, 11) is -4.43. The van der Waals surface area contributed by atoms with Crippen molar-refractivity contribution < 1.29 is 18.1 Å². The lowest BCUT2D eigenvalue weighted by molar-refractivity contribution is 0.393. The van der Waals surface area contributed by atoms with Crippen molar-refractivity contribution in [3.8, 4) is 5.75 Å². The summed E-state index contributed by atoms with van der Waals surface area (Å²) in [5.74, 6) is -0.346. The fraction of sp³-hybridized carbons (Fsp3) is 0.600. The summed E-state index contributed by atoms with van der Waals surface area (Å²) in [5.41, 5.74) is 1.05. The first kappa shape index (κ1) is 17.0. The third-order valence-electron chi connectivity index (χ3n) is 2.98. The highest BCUT2D eigenvalue weighted by Crippen LogP contribution is 2.40. The van der Waals surface area contributed by atoms with E-state index in [9.17, 15) is 18.1 Å². The molecule has 0 spiro atoms. The minimum Gasteiger partial charge on any atom is -0.506 e. The lowest BCUT2D eigenvalue weighted by Gasteiger charge is -2.28. The van der Waals surface area contributed by atoms with E-state index in [0.717, 1.165) is 5.56 Å². The van der Waals surface area contributed by atoms with Crippen LogP contribution in [-0.4, -0.2) is 18.1 Å². The van der Waals surface area contributed by atoms with Gasteiger partial charge in [0, 0.05) is 5.56 Å². The number of hydrogen-bond acceptors (Lipinski definition) is 3.